The van der Waals surface area contributed by atoms with Crippen molar-refractivity contribution < 1.29 is 26.4 Å². The Bertz CT molecular complexity index is 1030. The predicted octanol–water partition coefficient (Wildman–Crippen LogP) is 4.92. The van der Waals surface area contributed by atoms with Crippen molar-refractivity contribution in [3.05, 3.63) is 64.7 Å². The zero-order valence-corrected chi connectivity index (χ0v) is 16.2. The third-order valence-electron chi connectivity index (χ3n) is 4.27. The number of carbonyl (C=O) groups is 1. The van der Waals surface area contributed by atoms with Crippen LogP contribution >= 0.6 is 11.6 Å². The molecular weight excluding hydrogens is 415 g/mol. The number of hydrogen-bond acceptors (Lipinski definition) is 4. The molecule has 0 aromatic heterocycles. The maximum absolute atomic E-state index is 13.3. The van der Waals surface area contributed by atoms with Crippen LogP contribution in [0.1, 0.15) is 30.9 Å². The van der Waals surface area contributed by atoms with E-state index in [2.05, 4.69) is 0 Å². The van der Waals surface area contributed by atoms with E-state index in [1.807, 2.05) is 0 Å². The quantitative estimate of drug-likeness (QED) is 0.653. The maximum Gasteiger partial charge on any atom is 0.416 e. The van der Waals surface area contributed by atoms with Gasteiger partial charge in [-0.15, -0.1) is 0 Å². The van der Waals surface area contributed by atoms with Gasteiger partial charge in [-0.1, -0.05) is 29.8 Å². The molecule has 9 heteroatoms. The molecule has 0 unspecified atom stereocenters. The van der Waals surface area contributed by atoms with E-state index < -0.39 is 31.2 Å². The molecule has 0 heterocycles. The standard InChI is InChI=1S/C19H15ClF3NO3S/c1-13(25)10-11-18(12-24,16-4-2-3-5-17(16)20)28(26,27)15-8-6-14(7-9-15)19(21,22)23/h2-9H,10-11H2,1H3/t18-/m1/s1. The van der Waals surface area contributed by atoms with Crippen LogP contribution in [0, 0.1) is 11.3 Å². The first-order valence-corrected chi connectivity index (χ1v) is 9.89. The van der Waals surface area contributed by atoms with Gasteiger partial charge in [0.05, 0.1) is 16.5 Å². The maximum atomic E-state index is 13.3. The third kappa shape index (κ3) is 4.05. The van der Waals surface area contributed by atoms with Crippen molar-refractivity contribution in [1.29, 1.82) is 5.26 Å². The first-order chi connectivity index (χ1) is 13.0. The van der Waals surface area contributed by atoms with Crippen LogP contribution in [0.25, 0.3) is 0 Å². The molecule has 0 saturated carbocycles. The smallest absolute Gasteiger partial charge is 0.300 e. The van der Waals surface area contributed by atoms with E-state index in [9.17, 15) is 31.6 Å². The Hall–Kier alpha value is -2.37. The van der Waals surface area contributed by atoms with Crippen LogP contribution in [0.5, 0.6) is 0 Å². The molecule has 0 aliphatic rings. The lowest BCUT2D eigenvalue weighted by Crippen LogP contribution is -2.35. The topological polar surface area (TPSA) is 75.0 Å². The molecule has 0 aliphatic carbocycles. The number of nitriles is 1. The molecule has 0 bridgehead atoms. The van der Waals surface area contributed by atoms with E-state index in [-0.39, 0.29) is 29.2 Å². The number of rotatable bonds is 6. The Morgan fingerprint density at radius 2 is 1.68 bits per heavy atom. The number of alkyl halides is 3. The van der Waals surface area contributed by atoms with Gasteiger partial charge in [0, 0.05) is 17.0 Å². The van der Waals surface area contributed by atoms with Crippen molar-refractivity contribution in [1.82, 2.24) is 0 Å². The van der Waals surface area contributed by atoms with Crippen molar-refractivity contribution in [2.24, 2.45) is 0 Å². The van der Waals surface area contributed by atoms with E-state index in [0.29, 0.717) is 12.1 Å². The van der Waals surface area contributed by atoms with Crippen LogP contribution in [-0.4, -0.2) is 14.2 Å². The molecule has 0 fully saturated rings. The van der Waals surface area contributed by atoms with E-state index >= 15 is 0 Å². The number of benzene rings is 2. The normalized spacial score (nSPS) is 14.1. The van der Waals surface area contributed by atoms with Gasteiger partial charge in [-0.2, -0.15) is 18.4 Å². The first kappa shape index (κ1) is 21.9. The zero-order chi connectivity index (χ0) is 21.2. The van der Waals surface area contributed by atoms with E-state index in [4.69, 9.17) is 11.6 Å². The molecule has 28 heavy (non-hydrogen) atoms. The van der Waals surface area contributed by atoms with Crippen LogP contribution in [0.4, 0.5) is 13.2 Å². The molecule has 1 atom stereocenters. The summed E-state index contributed by atoms with van der Waals surface area (Å²) in [6, 6.07) is 10.4. The number of carbonyl (C=O) groups excluding carboxylic acids is 1. The average Bonchev–Trinajstić information content (AvgIpc) is 2.63. The molecule has 2 aromatic rings. The Morgan fingerprint density at radius 3 is 2.14 bits per heavy atom. The Balaban J connectivity index is 2.70. The number of Topliss-reactive ketones (excluding diaryl/α,β-unsaturated/α-hetero) is 1. The number of sulfone groups is 1. The van der Waals surface area contributed by atoms with Gasteiger partial charge in [0.1, 0.15) is 5.78 Å². The van der Waals surface area contributed by atoms with Crippen molar-refractivity contribution in [2.45, 2.75) is 35.6 Å². The van der Waals surface area contributed by atoms with Gasteiger partial charge in [0.25, 0.3) is 0 Å². The molecule has 0 N–H and O–H groups in total. The summed E-state index contributed by atoms with van der Waals surface area (Å²) in [5, 5.41) is 9.87. The average molecular weight is 430 g/mol. The number of halogens is 4. The van der Waals surface area contributed by atoms with Crippen molar-refractivity contribution in [2.75, 3.05) is 0 Å². The van der Waals surface area contributed by atoms with Gasteiger partial charge in [0.15, 0.2) is 4.75 Å². The molecule has 0 saturated heterocycles. The van der Waals surface area contributed by atoms with Crippen LogP contribution in [0.3, 0.4) is 0 Å². The fourth-order valence-corrected chi connectivity index (χ4v) is 4.96. The van der Waals surface area contributed by atoms with Gasteiger partial charge in [-0.25, -0.2) is 8.42 Å². The SMILES string of the molecule is CC(=O)CC[C@@](C#N)(c1ccccc1Cl)S(=O)(=O)c1ccc(C(F)(F)F)cc1. The summed E-state index contributed by atoms with van der Waals surface area (Å²) in [7, 11) is -4.51. The molecular formula is C19H15ClF3NO3S. The first-order valence-electron chi connectivity index (χ1n) is 8.03. The monoisotopic (exact) mass is 429 g/mol. The summed E-state index contributed by atoms with van der Waals surface area (Å²) < 4.78 is 62.8. The lowest BCUT2D eigenvalue weighted by molar-refractivity contribution is -0.137. The van der Waals surface area contributed by atoms with Crippen LogP contribution < -0.4 is 0 Å². The van der Waals surface area contributed by atoms with Crippen LogP contribution in [-0.2, 0) is 25.6 Å². The predicted molar refractivity (Wildman–Crippen MR) is 97.3 cm³/mol. The minimum atomic E-state index is -4.63. The van der Waals surface area contributed by atoms with Gasteiger partial charge in [-0.05, 0) is 43.7 Å². The summed E-state index contributed by atoms with van der Waals surface area (Å²) in [5.41, 5.74) is -1.05. The Morgan fingerprint density at radius 1 is 1.11 bits per heavy atom. The van der Waals surface area contributed by atoms with E-state index in [1.165, 1.54) is 25.1 Å². The Labute approximate surface area is 165 Å². The van der Waals surface area contributed by atoms with Gasteiger partial charge in [0.2, 0.25) is 9.84 Å². The molecule has 0 spiro atoms. The van der Waals surface area contributed by atoms with Gasteiger partial charge >= 0.3 is 6.18 Å². The second-order valence-electron chi connectivity index (χ2n) is 6.15. The largest absolute Gasteiger partial charge is 0.416 e. The van der Waals surface area contributed by atoms with Gasteiger partial charge in [-0.3, -0.25) is 0 Å². The fourth-order valence-electron chi connectivity index (χ4n) is 2.76. The number of nitrogens with zero attached hydrogens (tertiary/aromatic N) is 1. The van der Waals surface area contributed by atoms with Crippen molar-refractivity contribution >= 4 is 27.2 Å². The van der Waals surface area contributed by atoms with Crippen molar-refractivity contribution in [3.63, 3.8) is 0 Å². The fraction of sp³-hybridized carbons (Fsp3) is 0.263. The molecule has 2 rings (SSSR count). The highest BCUT2D eigenvalue weighted by Gasteiger charge is 2.48. The second-order valence-corrected chi connectivity index (χ2v) is 8.73. The highest BCUT2D eigenvalue weighted by molar-refractivity contribution is 7.92. The lowest BCUT2D eigenvalue weighted by Gasteiger charge is -2.28. The molecule has 0 aliphatic heterocycles. The molecule has 4 nitrogen and oxygen atoms in total. The second kappa shape index (κ2) is 7.94. The highest BCUT2D eigenvalue weighted by atomic mass is 35.5. The Kier molecular flexibility index (Phi) is 6.21. The van der Waals surface area contributed by atoms with E-state index in [1.54, 1.807) is 12.1 Å². The van der Waals surface area contributed by atoms with Gasteiger partial charge < -0.3 is 4.79 Å². The molecule has 0 radical (unpaired) electrons. The highest BCUT2D eigenvalue weighted by Crippen LogP contribution is 2.42. The molecule has 2 aromatic carbocycles. The summed E-state index contributed by atoms with van der Waals surface area (Å²) in [6.45, 7) is 1.25. The minimum absolute atomic E-state index is 0.00286. The zero-order valence-electron chi connectivity index (χ0n) is 14.6. The third-order valence-corrected chi connectivity index (χ3v) is 6.92. The lowest BCUT2D eigenvalue weighted by atomic mass is 9.93. The minimum Gasteiger partial charge on any atom is -0.300 e. The molecule has 148 valence electrons. The summed E-state index contributed by atoms with van der Waals surface area (Å²) in [6.07, 6.45) is -5.24. The van der Waals surface area contributed by atoms with Crippen molar-refractivity contribution in [3.8, 4) is 6.07 Å². The summed E-state index contributed by atoms with van der Waals surface area (Å²) in [4.78, 5) is 11.0. The summed E-state index contributed by atoms with van der Waals surface area (Å²) in [5.74, 6) is -0.339. The van der Waals surface area contributed by atoms with E-state index in [0.717, 1.165) is 12.1 Å². The van der Waals surface area contributed by atoms with Crippen LogP contribution in [0.2, 0.25) is 5.02 Å². The summed E-state index contributed by atoms with van der Waals surface area (Å²) >= 11 is 6.13. The number of hydrogen-bond donors (Lipinski definition) is 0. The number of ketones is 1. The molecule has 0 amide bonds. The van der Waals surface area contributed by atoms with Crippen LogP contribution in [0.15, 0.2) is 53.4 Å².